The Labute approximate surface area is 180 Å². The smallest absolute Gasteiger partial charge is 0.264 e. The van der Waals surface area contributed by atoms with Crippen LogP contribution in [-0.4, -0.2) is 16.8 Å². The van der Waals surface area contributed by atoms with Gasteiger partial charge in [0.05, 0.1) is 18.7 Å². The summed E-state index contributed by atoms with van der Waals surface area (Å²) in [4.78, 5) is 28.0. The molecule has 0 fully saturated rings. The lowest BCUT2D eigenvalue weighted by atomic mass is 9.88. The van der Waals surface area contributed by atoms with E-state index < -0.39 is 11.5 Å². The number of aliphatic hydroxyl groups is 1. The highest BCUT2D eigenvalue weighted by Crippen LogP contribution is 2.43. The van der Waals surface area contributed by atoms with Crippen LogP contribution in [0.5, 0.6) is 0 Å². The summed E-state index contributed by atoms with van der Waals surface area (Å²) in [5.74, 6) is -0.732. The summed E-state index contributed by atoms with van der Waals surface area (Å²) in [6.45, 7) is 0.318. The van der Waals surface area contributed by atoms with Crippen LogP contribution in [0.1, 0.15) is 27.9 Å². The van der Waals surface area contributed by atoms with Crippen molar-refractivity contribution in [1.29, 1.82) is 0 Å². The summed E-state index contributed by atoms with van der Waals surface area (Å²) in [6, 6.07) is 30.0. The van der Waals surface area contributed by atoms with Gasteiger partial charge >= 0.3 is 0 Å². The minimum absolute atomic E-state index is 0.265. The second kappa shape index (κ2) is 7.49. The lowest BCUT2D eigenvalue weighted by Gasteiger charge is -2.23. The second-order valence-electron chi connectivity index (χ2n) is 7.87. The molecule has 1 atom stereocenters. The van der Waals surface area contributed by atoms with Crippen LogP contribution >= 0.6 is 0 Å². The molecule has 0 aromatic heterocycles. The van der Waals surface area contributed by atoms with Gasteiger partial charge in [-0.05, 0) is 22.4 Å². The molecule has 1 aliphatic heterocycles. The molecule has 4 nitrogen and oxygen atoms in total. The van der Waals surface area contributed by atoms with E-state index >= 15 is 0 Å². The largest absolute Gasteiger partial charge is 0.375 e. The quantitative estimate of drug-likeness (QED) is 0.481. The summed E-state index contributed by atoms with van der Waals surface area (Å²) in [7, 11) is 0. The number of hydrogen-bond donors (Lipinski definition) is 1. The van der Waals surface area contributed by atoms with Crippen molar-refractivity contribution in [1.82, 2.24) is 0 Å². The van der Waals surface area contributed by atoms with Crippen molar-refractivity contribution < 1.29 is 14.7 Å². The Bertz CT molecular complexity index is 1290. The molecular weight excluding hydrogens is 386 g/mol. The molecule has 0 aliphatic carbocycles. The molecular formula is C27H21NO3. The number of amides is 1. The highest BCUT2D eigenvalue weighted by atomic mass is 16.3. The van der Waals surface area contributed by atoms with Gasteiger partial charge < -0.3 is 10.0 Å². The summed E-state index contributed by atoms with van der Waals surface area (Å²) in [5.41, 5.74) is 0.704. The van der Waals surface area contributed by atoms with Crippen molar-refractivity contribution >= 4 is 28.2 Å². The predicted molar refractivity (Wildman–Crippen MR) is 121 cm³/mol. The van der Waals surface area contributed by atoms with Crippen molar-refractivity contribution in [2.45, 2.75) is 18.6 Å². The minimum atomic E-state index is -1.88. The monoisotopic (exact) mass is 407 g/mol. The third-order valence-corrected chi connectivity index (χ3v) is 5.96. The Morgan fingerprint density at radius 3 is 2.32 bits per heavy atom. The number of benzene rings is 4. The minimum Gasteiger partial charge on any atom is -0.375 e. The molecule has 31 heavy (non-hydrogen) atoms. The van der Waals surface area contributed by atoms with Gasteiger partial charge in [0.1, 0.15) is 0 Å². The van der Waals surface area contributed by atoms with Gasteiger partial charge in [0, 0.05) is 11.1 Å². The van der Waals surface area contributed by atoms with Crippen molar-refractivity contribution in [2.75, 3.05) is 4.90 Å². The summed E-state index contributed by atoms with van der Waals surface area (Å²) in [6.07, 6.45) is -0.293. The van der Waals surface area contributed by atoms with Crippen LogP contribution in [0.25, 0.3) is 10.8 Å². The first-order valence-electron chi connectivity index (χ1n) is 10.3. The summed E-state index contributed by atoms with van der Waals surface area (Å²) in [5, 5.41) is 13.6. The average molecular weight is 407 g/mol. The van der Waals surface area contributed by atoms with Crippen LogP contribution in [0.4, 0.5) is 5.69 Å². The molecule has 4 heteroatoms. The average Bonchev–Trinajstić information content (AvgIpc) is 3.02. The number of nitrogens with zero attached hydrogens (tertiary/aromatic N) is 1. The fourth-order valence-corrected chi connectivity index (χ4v) is 4.39. The number of ketones is 1. The first-order chi connectivity index (χ1) is 15.1. The Morgan fingerprint density at radius 2 is 1.48 bits per heavy atom. The van der Waals surface area contributed by atoms with E-state index in [1.807, 2.05) is 60.7 Å². The molecule has 0 unspecified atom stereocenters. The summed E-state index contributed by atoms with van der Waals surface area (Å²) < 4.78 is 0. The number of carbonyl (C=O) groups is 2. The molecule has 5 rings (SSSR count). The number of fused-ring (bicyclic) bond motifs is 2. The number of rotatable bonds is 5. The van der Waals surface area contributed by atoms with Crippen LogP contribution in [0, 0.1) is 0 Å². The van der Waals surface area contributed by atoms with Crippen molar-refractivity contribution in [3.05, 3.63) is 114 Å². The zero-order chi connectivity index (χ0) is 21.4. The van der Waals surface area contributed by atoms with Crippen molar-refractivity contribution in [3.63, 3.8) is 0 Å². The maximum Gasteiger partial charge on any atom is 0.264 e. The first kappa shape index (κ1) is 19.2. The molecule has 1 N–H and O–H groups in total. The molecule has 152 valence electrons. The number of anilines is 1. The molecule has 0 saturated heterocycles. The van der Waals surface area contributed by atoms with E-state index in [0.717, 1.165) is 16.3 Å². The fraction of sp³-hybridized carbons (Fsp3) is 0.111. The van der Waals surface area contributed by atoms with Gasteiger partial charge in [0.2, 0.25) is 0 Å². The van der Waals surface area contributed by atoms with E-state index in [0.29, 0.717) is 23.4 Å². The first-order valence-corrected chi connectivity index (χ1v) is 10.3. The van der Waals surface area contributed by atoms with Crippen LogP contribution in [0.3, 0.4) is 0 Å². The van der Waals surface area contributed by atoms with Gasteiger partial charge in [0.25, 0.3) is 5.91 Å². The van der Waals surface area contributed by atoms with Crippen molar-refractivity contribution in [2.24, 2.45) is 0 Å². The van der Waals surface area contributed by atoms with Crippen LogP contribution in [-0.2, 0) is 16.9 Å². The number of para-hydroxylation sites is 1. The lowest BCUT2D eigenvalue weighted by Crippen LogP contribution is -2.41. The number of hydrogen-bond acceptors (Lipinski definition) is 3. The van der Waals surface area contributed by atoms with Gasteiger partial charge in [-0.1, -0.05) is 91.0 Å². The number of Topliss-reactive ketones (excluding diaryl/α,β-unsaturated/α-hetero) is 1. The van der Waals surface area contributed by atoms with E-state index in [2.05, 4.69) is 0 Å². The van der Waals surface area contributed by atoms with E-state index in [1.165, 1.54) is 0 Å². The third kappa shape index (κ3) is 3.22. The maximum atomic E-state index is 13.5. The van der Waals surface area contributed by atoms with Crippen LogP contribution < -0.4 is 4.90 Å². The second-order valence-corrected chi connectivity index (χ2v) is 7.87. The Hall–Kier alpha value is -3.76. The molecule has 4 aromatic rings. The molecule has 0 saturated carbocycles. The van der Waals surface area contributed by atoms with Crippen LogP contribution in [0.2, 0.25) is 0 Å². The topological polar surface area (TPSA) is 57.6 Å². The zero-order valence-corrected chi connectivity index (χ0v) is 16.9. The van der Waals surface area contributed by atoms with E-state index in [9.17, 15) is 14.7 Å². The highest BCUT2D eigenvalue weighted by molar-refractivity contribution is 6.11. The standard InChI is InChI=1S/C27H21NO3/c29-25(20-10-2-1-3-11-20)17-27(31)23-15-6-7-16-24(23)28(26(27)30)18-21-13-8-12-19-9-4-5-14-22(19)21/h1-16,31H,17-18H2/t27-/m0/s1. The van der Waals surface area contributed by atoms with Gasteiger partial charge in [-0.3, -0.25) is 9.59 Å². The van der Waals surface area contributed by atoms with Gasteiger partial charge in [-0.25, -0.2) is 0 Å². The number of carbonyl (C=O) groups excluding carboxylic acids is 2. The summed E-state index contributed by atoms with van der Waals surface area (Å²) >= 11 is 0. The molecule has 1 aliphatic rings. The van der Waals surface area contributed by atoms with E-state index in [-0.39, 0.29) is 12.2 Å². The highest BCUT2D eigenvalue weighted by Gasteiger charge is 2.50. The predicted octanol–water partition coefficient (Wildman–Crippen LogP) is 4.85. The fourth-order valence-electron chi connectivity index (χ4n) is 4.39. The third-order valence-electron chi connectivity index (χ3n) is 5.96. The van der Waals surface area contributed by atoms with Crippen LogP contribution in [0.15, 0.2) is 97.1 Å². The molecule has 1 heterocycles. The Morgan fingerprint density at radius 1 is 0.806 bits per heavy atom. The van der Waals surface area contributed by atoms with E-state index in [4.69, 9.17) is 0 Å². The van der Waals surface area contributed by atoms with E-state index in [1.54, 1.807) is 41.3 Å². The zero-order valence-electron chi connectivity index (χ0n) is 16.9. The maximum absolute atomic E-state index is 13.5. The molecule has 0 spiro atoms. The van der Waals surface area contributed by atoms with Gasteiger partial charge in [-0.15, -0.1) is 0 Å². The Balaban J connectivity index is 1.53. The molecule has 0 bridgehead atoms. The SMILES string of the molecule is O=C(C[C@@]1(O)C(=O)N(Cc2cccc3ccccc23)c2ccccc21)c1ccccc1. The van der Waals surface area contributed by atoms with Gasteiger partial charge in [-0.2, -0.15) is 0 Å². The Kier molecular flexibility index (Phi) is 4.64. The normalized spacial score (nSPS) is 17.7. The molecule has 4 aromatic carbocycles. The van der Waals surface area contributed by atoms with Crippen molar-refractivity contribution in [3.8, 4) is 0 Å². The molecule has 1 amide bonds. The van der Waals surface area contributed by atoms with Gasteiger partial charge in [0.15, 0.2) is 11.4 Å². The molecule has 0 radical (unpaired) electrons. The lowest BCUT2D eigenvalue weighted by molar-refractivity contribution is -0.136.